The van der Waals surface area contributed by atoms with Crippen molar-refractivity contribution in [2.75, 3.05) is 0 Å². The maximum Gasteiger partial charge on any atom is -0.0205 e. The highest BCUT2D eigenvalue weighted by molar-refractivity contribution is 5.00. The number of hydrogen-bond donors (Lipinski definition) is 0. The van der Waals surface area contributed by atoms with Crippen LogP contribution >= 0.6 is 0 Å². The summed E-state index contributed by atoms with van der Waals surface area (Å²) in [6.07, 6.45) is 7.56. The molecule has 0 fully saturated rings. The van der Waals surface area contributed by atoms with Gasteiger partial charge in [0.2, 0.25) is 0 Å². The molecule has 12 heavy (non-hydrogen) atoms. The zero-order valence-electron chi connectivity index (χ0n) is 8.88. The van der Waals surface area contributed by atoms with E-state index in [0.717, 1.165) is 23.7 Å². The van der Waals surface area contributed by atoms with Gasteiger partial charge in [0.1, 0.15) is 0 Å². The molecule has 4 unspecified atom stereocenters. The number of rotatable bonds is 2. The molecule has 0 bridgehead atoms. The van der Waals surface area contributed by atoms with E-state index in [9.17, 15) is 0 Å². The highest BCUT2D eigenvalue weighted by atomic mass is 14.3. The molecule has 0 amide bonds. The molecule has 0 nitrogen and oxygen atoms in total. The normalized spacial score (nSPS) is 38.2. The van der Waals surface area contributed by atoms with Gasteiger partial charge in [-0.05, 0) is 30.1 Å². The Morgan fingerprint density at radius 2 is 2.00 bits per heavy atom. The highest BCUT2D eigenvalue weighted by Crippen LogP contribution is 2.32. The largest absolute Gasteiger partial charge is 0.0851 e. The summed E-state index contributed by atoms with van der Waals surface area (Å²) in [5, 5.41) is 0. The fourth-order valence-corrected chi connectivity index (χ4v) is 1.95. The van der Waals surface area contributed by atoms with Crippen molar-refractivity contribution >= 4 is 0 Å². The lowest BCUT2D eigenvalue weighted by atomic mass is 9.76. The summed E-state index contributed by atoms with van der Waals surface area (Å²) in [6.45, 7) is 9.37. The molecule has 1 aliphatic carbocycles. The zero-order valence-corrected chi connectivity index (χ0v) is 8.88. The van der Waals surface area contributed by atoms with Crippen LogP contribution in [0.5, 0.6) is 0 Å². The van der Waals surface area contributed by atoms with Gasteiger partial charge in [0.25, 0.3) is 0 Å². The lowest BCUT2D eigenvalue weighted by molar-refractivity contribution is 0.285. The lowest BCUT2D eigenvalue weighted by Crippen LogP contribution is -2.20. The highest BCUT2D eigenvalue weighted by Gasteiger charge is 2.22. The first-order valence-electron chi connectivity index (χ1n) is 5.33. The monoisotopic (exact) mass is 166 g/mol. The summed E-state index contributed by atoms with van der Waals surface area (Å²) in [4.78, 5) is 0. The van der Waals surface area contributed by atoms with Gasteiger partial charge in [-0.15, -0.1) is 0 Å². The molecule has 4 atom stereocenters. The first-order chi connectivity index (χ1) is 5.65. The van der Waals surface area contributed by atoms with Gasteiger partial charge in [-0.1, -0.05) is 46.3 Å². The Hall–Kier alpha value is -0.260. The van der Waals surface area contributed by atoms with Crippen molar-refractivity contribution in [1.29, 1.82) is 0 Å². The predicted octanol–water partition coefficient (Wildman–Crippen LogP) is 3.88. The van der Waals surface area contributed by atoms with Gasteiger partial charge in [0.05, 0.1) is 0 Å². The third-order valence-electron chi connectivity index (χ3n) is 3.58. The van der Waals surface area contributed by atoms with E-state index in [1.807, 2.05) is 0 Å². The summed E-state index contributed by atoms with van der Waals surface area (Å²) in [5.41, 5.74) is 0. The third kappa shape index (κ3) is 2.12. The Kier molecular flexibility index (Phi) is 3.37. The maximum absolute atomic E-state index is 2.44. The van der Waals surface area contributed by atoms with Gasteiger partial charge in [-0.3, -0.25) is 0 Å². The maximum atomic E-state index is 2.44. The van der Waals surface area contributed by atoms with Crippen molar-refractivity contribution in [2.45, 2.75) is 40.5 Å². The lowest BCUT2D eigenvalue weighted by Gasteiger charge is -2.30. The Labute approximate surface area is 77.1 Å². The van der Waals surface area contributed by atoms with Gasteiger partial charge in [0, 0.05) is 0 Å². The summed E-state index contributed by atoms with van der Waals surface area (Å²) in [5.74, 6) is 3.40. The molecule has 0 radical (unpaired) electrons. The van der Waals surface area contributed by atoms with E-state index in [1.54, 1.807) is 0 Å². The molecule has 0 N–H and O–H groups in total. The van der Waals surface area contributed by atoms with Crippen LogP contribution in [0.25, 0.3) is 0 Å². The van der Waals surface area contributed by atoms with Crippen LogP contribution in [0, 0.1) is 23.7 Å². The molecule has 1 rings (SSSR count). The molecule has 0 aliphatic heterocycles. The van der Waals surface area contributed by atoms with Gasteiger partial charge >= 0.3 is 0 Å². The Morgan fingerprint density at radius 3 is 2.50 bits per heavy atom. The number of allylic oxidation sites excluding steroid dienone is 2. The van der Waals surface area contributed by atoms with Crippen LogP contribution in [0.4, 0.5) is 0 Å². The second-order valence-electron chi connectivity index (χ2n) is 4.51. The van der Waals surface area contributed by atoms with E-state index in [4.69, 9.17) is 0 Å². The van der Waals surface area contributed by atoms with Crippen LogP contribution in [0.2, 0.25) is 0 Å². The molecular formula is C12H22. The molecule has 0 aromatic carbocycles. The van der Waals surface area contributed by atoms with Crippen LogP contribution < -0.4 is 0 Å². The van der Waals surface area contributed by atoms with Gasteiger partial charge in [-0.25, -0.2) is 0 Å². The first kappa shape index (κ1) is 9.83. The predicted molar refractivity (Wildman–Crippen MR) is 55.0 cm³/mol. The Morgan fingerprint density at radius 1 is 1.33 bits per heavy atom. The standard InChI is InChI=1S/C12H22/c1-5-9(2)12-7-6-10(3)11(4)8-12/h6-7,9-12H,5,8H2,1-4H3. The fraction of sp³-hybridized carbons (Fsp3) is 0.833. The molecular weight excluding hydrogens is 144 g/mol. The summed E-state index contributed by atoms with van der Waals surface area (Å²) < 4.78 is 0. The van der Waals surface area contributed by atoms with Crippen molar-refractivity contribution < 1.29 is 0 Å². The van der Waals surface area contributed by atoms with Crippen LogP contribution in [-0.2, 0) is 0 Å². The Bertz CT molecular complexity index is 157. The molecule has 0 aromatic rings. The summed E-state index contributed by atoms with van der Waals surface area (Å²) in [6, 6.07) is 0. The summed E-state index contributed by atoms with van der Waals surface area (Å²) >= 11 is 0. The fourth-order valence-electron chi connectivity index (χ4n) is 1.95. The molecule has 0 aromatic heterocycles. The van der Waals surface area contributed by atoms with E-state index in [-0.39, 0.29) is 0 Å². The topological polar surface area (TPSA) is 0 Å². The average Bonchev–Trinajstić information content (AvgIpc) is 2.08. The molecule has 70 valence electrons. The molecule has 1 aliphatic rings. The minimum atomic E-state index is 0.797. The van der Waals surface area contributed by atoms with Crippen LogP contribution in [0.3, 0.4) is 0 Å². The second kappa shape index (κ2) is 4.11. The molecule has 0 heteroatoms. The number of hydrogen-bond acceptors (Lipinski definition) is 0. The van der Waals surface area contributed by atoms with Gasteiger partial charge < -0.3 is 0 Å². The van der Waals surface area contributed by atoms with Crippen molar-refractivity contribution in [1.82, 2.24) is 0 Å². The van der Waals surface area contributed by atoms with E-state index in [2.05, 4.69) is 39.8 Å². The van der Waals surface area contributed by atoms with E-state index < -0.39 is 0 Å². The molecule has 0 heterocycles. The van der Waals surface area contributed by atoms with Crippen molar-refractivity contribution in [3.8, 4) is 0 Å². The molecule has 0 saturated carbocycles. The van der Waals surface area contributed by atoms with Gasteiger partial charge in [-0.2, -0.15) is 0 Å². The minimum Gasteiger partial charge on any atom is -0.0851 e. The first-order valence-corrected chi connectivity index (χ1v) is 5.33. The quantitative estimate of drug-likeness (QED) is 0.546. The minimum absolute atomic E-state index is 0.797. The van der Waals surface area contributed by atoms with Crippen molar-refractivity contribution in [2.24, 2.45) is 23.7 Å². The van der Waals surface area contributed by atoms with Crippen molar-refractivity contribution in [3.63, 3.8) is 0 Å². The van der Waals surface area contributed by atoms with Crippen LogP contribution in [0.15, 0.2) is 12.2 Å². The third-order valence-corrected chi connectivity index (χ3v) is 3.58. The van der Waals surface area contributed by atoms with Crippen LogP contribution in [-0.4, -0.2) is 0 Å². The van der Waals surface area contributed by atoms with Crippen molar-refractivity contribution in [3.05, 3.63) is 12.2 Å². The van der Waals surface area contributed by atoms with Gasteiger partial charge in [0.15, 0.2) is 0 Å². The van der Waals surface area contributed by atoms with E-state index >= 15 is 0 Å². The average molecular weight is 166 g/mol. The van der Waals surface area contributed by atoms with E-state index in [1.165, 1.54) is 12.8 Å². The SMILES string of the molecule is CCC(C)C1C=CC(C)C(C)C1. The molecule has 0 saturated heterocycles. The van der Waals surface area contributed by atoms with Crippen LogP contribution in [0.1, 0.15) is 40.5 Å². The zero-order chi connectivity index (χ0) is 9.14. The summed E-state index contributed by atoms with van der Waals surface area (Å²) in [7, 11) is 0. The molecule has 0 spiro atoms. The smallest absolute Gasteiger partial charge is 0.0205 e. The second-order valence-corrected chi connectivity index (χ2v) is 4.51. The Balaban J connectivity index is 2.54. The van der Waals surface area contributed by atoms with E-state index in [0.29, 0.717) is 0 Å².